The number of hydrogen-bond acceptors (Lipinski definition) is 5. The van der Waals surface area contributed by atoms with Gasteiger partial charge in [0.15, 0.2) is 0 Å². The van der Waals surface area contributed by atoms with E-state index in [0.29, 0.717) is 13.2 Å². The standard InChI is InChI=1S/C24H32N4O2/c25-23(29)24(22-10-3-4-12-26-22)11-7-15-28(19-24)18-20-8-1-2-9-21(20)30-17-16-27-13-5-6-14-27/h1-4,8-10,12H,5-7,11,13-19H2,(H2,25,29). The summed E-state index contributed by atoms with van der Waals surface area (Å²) in [5.41, 5.74) is 7.11. The molecule has 2 aromatic rings. The van der Waals surface area contributed by atoms with Gasteiger partial charge >= 0.3 is 0 Å². The van der Waals surface area contributed by atoms with Gasteiger partial charge in [-0.2, -0.15) is 0 Å². The molecule has 6 nitrogen and oxygen atoms in total. The number of ether oxygens (including phenoxy) is 1. The number of nitrogens with two attached hydrogens (primary N) is 1. The molecule has 2 N–H and O–H groups in total. The van der Waals surface area contributed by atoms with E-state index in [2.05, 4.69) is 20.9 Å². The Hall–Kier alpha value is -2.44. The van der Waals surface area contributed by atoms with E-state index in [1.165, 1.54) is 25.9 Å². The second-order valence-corrected chi connectivity index (χ2v) is 8.48. The molecule has 1 atom stereocenters. The number of rotatable bonds is 8. The van der Waals surface area contributed by atoms with Gasteiger partial charge in [-0.25, -0.2) is 0 Å². The Morgan fingerprint density at radius 3 is 2.57 bits per heavy atom. The second-order valence-electron chi connectivity index (χ2n) is 8.48. The Bertz CT molecular complexity index is 838. The fourth-order valence-electron chi connectivity index (χ4n) is 4.77. The zero-order valence-electron chi connectivity index (χ0n) is 17.6. The van der Waals surface area contributed by atoms with Crippen molar-refractivity contribution in [3.63, 3.8) is 0 Å². The number of benzene rings is 1. The summed E-state index contributed by atoms with van der Waals surface area (Å²) in [6.45, 7) is 6.30. The molecule has 1 aromatic carbocycles. The van der Waals surface area contributed by atoms with E-state index in [9.17, 15) is 4.79 Å². The van der Waals surface area contributed by atoms with Crippen LogP contribution in [0.2, 0.25) is 0 Å². The van der Waals surface area contributed by atoms with Crippen molar-refractivity contribution in [1.82, 2.24) is 14.8 Å². The van der Waals surface area contributed by atoms with Gasteiger partial charge in [-0.1, -0.05) is 24.3 Å². The van der Waals surface area contributed by atoms with Crippen molar-refractivity contribution < 1.29 is 9.53 Å². The Labute approximate surface area is 179 Å². The number of pyridine rings is 1. The van der Waals surface area contributed by atoms with Crippen LogP contribution in [0.5, 0.6) is 5.75 Å². The van der Waals surface area contributed by atoms with Crippen LogP contribution in [0, 0.1) is 0 Å². The van der Waals surface area contributed by atoms with Crippen LogP contribution < -0.4 is 10.5 Å². The van der Waals surface area contributed by atoms with Gasteiger partial charge in [-0.3, -0.25) is 19.6 Å². The van der Waals surface area contributed by atoms with E-state index in [4.69, 9.17) is 10.5 Å². The number of nitrogens with zero attached hydrogens (tertiary/aromatic N) is 3. The summed E-state index contributed by atoms with van der Waals surface area (Å²) < 4.78 is 6.15. The summed E-state index contributed by atoms with van der Waals surface area (Å²) in [6.07, 6.45) is 5.98. The summed E-state index contributed by atoms with van der Waals surface area (Å²) in [7, 11) is 0. The van der Waals surface area contributed by atoms with Crippen molar-refractivity contribution in [2.24, 2.45) is 5.73 Å². The van der Waals surface area contributed by atoms with Crippen LogP contribution in [0.1, 0.15) is 36.9 Å². The Morgan fingerprint density at radius 1 is 1.03 bits per heavy atom. The van der Waals surface area contributed by atoms with Gasteiger partial charge in [0.25, 0.3) is 0 Å². The highest BCUT2D eigenvalue weighted by Gasteiger charge is 2.43. The van der Waals surface area contributed by atoms with Crippen molar-refractivity contribution in [3.05, 3.63) is 59.9 Å². The number of primary amides is 1. The molecular formula is C24H32N4O2. The van der Waals surface area contributed by atoms with Crippen molar-refractivity contribution in [2.75, 3.05) is 39.3 Å². The molecular weight excluding hydrogens is 376 g/mol. The minimum Gasteiger partial charge on any atom is -0.492 e. The molecule has 2 aliphatic heterocycles. The molecule has 6 heteroatoms. The van der Waals surface area contributed by atoms with E-state index < -0.39 is 5.41 Å². The van der Waals surface area contributed by atoms with Crippen molar-refractivity contribution in [3.8, 4) is 5.75 Å². The second kappa shape index (κ2) is 9.58. The lowest BCUT2D eigenvalue weighted by Crippen LogP contribution is -2.53. The van der Waals surface area contributed by atoms with Gasteiger partial charge in [-0.05, 0) is 63.5 Å². The van der Waals surface area contributed by atoms with Gasteiger partial charge in [0, 0.05) is 31.4 Å². The lowest BCUT2D eigenvalue weighted by Gasteiger charge is -2.40. The van der Waals surface area contributed by atoms with Gasteiger partial charge in [0.05, 0.1) is 5.69 Å². The van der Waals surface area contributed by atoms with Crippen LogP contribution in [0.25, 0.3) is 0 Å². The summed E-state index contributed by atoms with van der Waals surface area (Å²) in [4.78, 5) is 21.8. The van der Waals surface area contributed by atoms with Crippen LogP contribution in [0.4, 0.5) is 0 Å². The first-order valence-corrected chi connectivity index (χ1v) is 11.0. The molecule has 2 aliphatic rings. The maximum absolute atomic E-state index is 12.5. The lowest BCUT2D eigenvalue weighted by molar-refractivity contribution is -0.126. The molecule has 30 heavy (non-hydrogen) atoms. The Kier molecular flexibility index (Phi) is 6.65. The lowest BCUT2D eigenvalue weighted by atomic mass is 9.76. The maximum atomic E-state index is 12.5. The van der Waals surface area contributed by atoms with Crippen LogP contribution in [0.3, 0.4) is 0 Å². The third-order valence-corrected chi connectivity index (χ3v) is 6.43. The van der Waals surface area contributed by atoms with Gasteiger partial charge in [0.1, 0.15) is 17.8 Å². The van der Waals surface area contributed by atoms with Gasteiger partial charge < -0.3 is 10.5 Å². The Balaban J connectivity index is 1.44. The highest BCUT2D eigenvalue weighted by molar-refractivity contribution is 5.86. The molecule has 2 saturated heterocycles. The molecule has 1 aromatic heterocycles. The number of carbonyl (C=O) groups is 1. The van der Waals surface area contributed by atoms with E-state index >= 15 is 0 Å². The van der Waals surface area contributed by atoms with Crippen LogP contribution >= 0.6 is 0 Å². The third kappa shape index (κ3) is 4.65. The molecule has 0 spiro atoms. The minimum absolute atomic E-state index is 0.291. The highest BCUT2D eigenvalue weighted by Crippen LogP contribution is 2.34. The Morgan fingerprint density at radius 2 is 1.80 bits per heavy atom. The summed E-state index contributed by atoms with van der Waals surface area (Å²) >= 11 is 0. The third-order valence-electron chi connectivity index (χ3n) is 6.43. The topological polar surface area (TPSA) is 71.7 Å². The van der Waals surface area contributed by atoms with Crippen LogP contribution in [-0.2, 0) is 16.8 Å². The van der Waals surface area contributed by atoms with E-state index in [1.807, 2.05) is 36.4 Å². The van der Waals surface area contributed by atoms with Crippen molar-refractivity contribution >= 4 is 5.91 Å². The zero-order valence-corrected chi connectivity index (χ0v) is 17.6. The number of amides is 1. The average molecular weight is 409 g/mol. The quantitative estimate of drug-likeness (QED) is 0.727. The van der Waals surface area contributed by atoms with Gasteiger partial charge in [-0.15, -0.1) is 0 Å². The van der Waals surface area contributed by atoms with E-state index in [-0.39, 0.29) is 5.91 Å². The molecule has 3 heterocycles. The van der Waals surface area contributed by atoms with Crippen molar-refractivity contribution in [1.29, 1.82) is 0 Å². The predicted octanol–water partition coefficient (Wildman–Crippen LogP) is 2.58. The molecule has 160 valence electrons. The number of likely N-dealkylation sites (tertiary alicyclic amines) is 2. The number of piperidine rings is 1. The average Bonchev–Trinajstić information content (AvgIpc) is 3.29. The summed E-state index contributed by atoms with van der Waals surface area (Å²) in [5, 5.41) is 0. The SMILES string of the molecule is NC(=O)C1(c2ccccn2)CCCN(Cc2ccccc2OCCN2CCCC2)C1. The van der Waals surface area contributed by atoms with Crippen molar-refractivity contribution in [2.45, 2.75) is 37.6 Å². The molecule has 4 rings (SSSR count). The largest absolute Gasteiger partial charge is 0.492 e. The zero-order chi connectivity index (χ0) is 20.8. The minimum atomic E-state index is -0.731. The first-order valence-electron chi connectivity index (χ1n) is 11.0. The summed E-state index contributed by atoms with van der Waals surface area (Å²) in [5.74, 6) is 0.644. The normalized spacial score (nSPS) is 22.8. The fraction of sp³-hybridized carbons (Fsp3) is 0.500. The predicted molar refractivity (Wildman–Crippen MR) is 117 cm³/mol. The van der Waals surface area contributed by atoms with Gasteiger partial charge in [0.2, 0.25) is 5.91 Å². The highest BCUT2D eigenvalue weighted by atomic mass is 16.5. The molecule has 2 fully saturated rings. The first-order chi connectivity index (χ1) is 14.7. The molecule has 1 amide bonds. The first kappa shape index (κ1) is 20.8. The molecule has 0 bridgehead atoms. The number of hydrogen-bond donors (Lipinski definition) is 1. The number of aromatic nitrogens is 1. The molecule has 0 radical (unpaired) electrons. The molecule has 0 saturated carbocycles. The molecule has 0 aliphatic carbocycles. The van der Waals surface area contributed by atoms with E-state index in [0.717, 1.165) is 49.5 Å². The fourth-order valence-corrected chi connectivity index (χ4v) is 4.77. The maximum Gasteiger partial charge on any atom is 0.230 e. The van der Waals surface area contributed by atoms with Crippen LogP contribution in [0.15, 0.2) is 48.7 Å². The van der Waals surface area contributed by atoms with Crippen LogP contribution in [-0.4, -0.2) is 60.0 Å². The number of carbonyl (C=O) groups excluding carboxylic acids is 1. The number of para-hydroxylation sites is 1. The summed E-state index contributed by atoms with van der Waals surface area (Å²) in [6, 6.07) is 13.9. The smallest absolute Gasteiger partial charge is 0.230 e. The molecule has 1 unspecified atom stereocenters. The van der Waals surface area contributed by atoms with E-state index in [1.54, 1.807) is 6.20 Å². The monoisotopic (exact) mass is 408 g/mol.